The zero-order valence-corrected chi connectivity index (χ0v) is 15.0. The first-order valence-corrected chi connectivity index (χ1v) is 8.07. The van der Waals surface area contributed by atoms with Gasteiger partial charge in [-0.1, -0.05) is 16.2 Å². The summed E-state index contributed by atoms with van der Waals surface area (Å²) in [7, 11) is 3.35. The SMILES string of the molecule is [3H]C(P)OC(=O)CNC(=O)CCC(=O)OCC(CC)OC(CO)OC. The minimum atomic E-state index is -1.09. The molecule has 0 aromatic heterocycles. The van der Waals surface area contributed by atoms with Gasteiger partial charge in [-0.15, -0.1) is 0 Å². The predicted octanol–water partition coefficient (Wildman–Crippen LogP) is -0.438. The largest absolute Gasteiger partial charge is 0.463 e. The number of carbonyl (C=O) groups excluding carboxylic acids is 3. The Morgan fingerprint density at radius 3 is 2.50 bits per heavy atom. The summed E-state index contributed by atoms with van der Waals surface area (Å²) in [6.45, 7) is 1.11. The van der Waals surface area contributed by atoms with Gasteiger partial charge in [0, 0.05) is 13.5 Å². The molecule has 0 radical (unpaired) electrons. The van der Waals surface area contributed by atoms with Crippen molar-refractivity contribution in [3.8, 4) is 0 Å². The fraction of sp³-hybridized carbons (Fsp3) is 0.786. The third kappa shape index (κ3) is 11.3. The first kappa shape index (κ1) is 20.8. The van der Waals surface area contributed by atoms with Crippen LogP contribution < -0.4 is 5.32 Å². The third-order valence-corrected chi connectivity index (χ3v) is 2.96. The molecule has 4 unspecified atom stereocenters. The first-order valence-electron chi connectivity index (χ1n) is 7.98. The Kier molecular flexibility index (Phi) is 12.2. The number of amides is 1. The molecule has 10 heteroatoms. The van der Waals surface area contributed by atoms with Crippen molar-refractivity contribution in [3.63, 3.8) is 0 Å². The predicted molar refractivity (Wildman–Crippen MR) is 86.9 cm³/mol. The van der Waals surface area contributed by atoms with E-state index >= 15 is 0 Å². The molecule has 1 amide bonds. The van der Waals surface area contributed by atoms with E-state index in [0.717, 1.165) is 0 Å². The van der Waals surface area contributed by atoms with Crippen molar-refractivity contribution in [1.29, 1.82) is 0 Å². The van der Waals surface area contributed by atoms with Crippen LogP contribution in [0.15, 0.2) is 0 Å². The van der Waals surface area contributed by atoms with E-state index in [2.05, 4.69) is 10.1 Å². The van der Waals surface area contributed by atoms with Crippen LogP contribution in [0.2, 0.25) is 0 Å². The van der Waals surface area contributed by atoms with Gasteiger partial charge in [0.05, 0.1) is 20.5 Å². The van der Waals surface area contributed by atoms with Gasteiger partial charge in [0.15, 0.2) is 6.29 Å². The van der Waals surface area contributed by atoms with E-state index in [-0.39, 0.29) is 32.6 Å². The highest BCUT2D eigenvalue weighted by molar-refractivity contribution is 7.16. The van der Waals surface area contributed by atoms with E-state index in [4.69, 9.17) is 20.7 Å². The third-order valence-electron chi connectivity index (χ3n) is 2.83. The Balaban J connectivity index is 3.97. The lowest BCUT2D eigenvalue weighted by Crippen LogP contribution is -2.31. The summed E-state index contributed by atoms with van der Waals surface area (Å²) in [5, 5.41) is 11.3. The summed E-state index contributed by atoms with van der Waals surface area (Å²) < 4.78 is 26.8. The van der Waals surface area contributed by atoms with Gasteiger partial charge < -0.3 is 29.4 Å². The average molecular weight is 369 g/mol. The van der Waals surface area contributed by atoms with E-state index in [1.807, 2.05) is 16.2 Å². The van der Waals surface area contributed by atoms with Gasteiger partial charge in [-0.05, 0) is 6.42 Å². The van der Waals surface area contributed by atoms with Crippen LogP contribution in [-0.2, 0) is 33.3 Å². The van der Waals surface area contributed by atoms with E-state index in [1.54, 1.807) is 0 Å². The molecular weight excluding hydrogens is 341 g/mol. The zero-order chi connectivity index (χ0) is 19.2. The standard InChI is InChI=1S/C14H26NO8P/c1-3-10(23-14(7-16)20-2)8-21-12(18)5-4-11(17)15-6-13(19)22-9-24/h10,14,16H,3-9,24H2,1-2H3,(H,15,17)/i9T. The number of aliphatic hydroxyl groups is 1. The molecule has 0 heterocycles. The van der Waals surface area contributed by atoms with E-state index < -0.39 is 36.6 Å². The summed E-state index contributed by atoms with van der Waals surface area (Å²) in [6, 6.07) is 0. The van der Waals surface area contributed by atoms with Crippen molar-refractivity contribution in [2.75, 3.05) is 33.2 Å². The van der Waals surface area contributed by atoms with Crippen LogP contribution in [0.4, 0.5) is 0 Å². The molecule has 0 saturated heterocycles. The molecule has 0 rings (SSSR count). The fourth-order valence-electron chi connectivity index (χ4n) is 1.49. The van der Waals surface area contributed by atoms with Gasteiger partial charge in [0.25, 0.3) is 0 Å². The lowest BCUT2D eigenvalue weighted by atomic mass is 10.3. The number of aliphatic hydroxyl groups excluding tert-OH is 1. The van der Waals surface area contributed by atoms with Gasteiger partial charge >= 0.3 is 11.9 Å². The molecule has 140 valence electrons. The van der Waals surface area contributed by atoms with Crippen molar-refractivity contribution in [2.45, 2.75) is 38.6 Å². The lowest BCUT2D eigenvalue weighted by molar-refractivity contribution is -0.188. The number of ether oxygens (including phenoxy) is 4. The number of esters is 2. The summed E-state index contributed by atoms with van der Waals surface area (Å²) in [6.07, 6.45) is -2.07. The van der Waals surface area contributed by atoms with Crippen LogP contribution in [0.5, 0.6) is 0 Å². The molecule has 0 spiro atoms. The minimum absolute atomic E-state index is 0.0256. The number of hydrogen-bond acceptors (Lipinski definition) is 8. The highest BCUT2D eigenvalue weighted by atomic mass is 31.0. The highest BCUT2D eigenvalue weighted by Crippen LogP contribution is 2.05. The van der Waals surface area contributed by atoms with E-state index in [0.29, 0.717) is 6.42 Å². The van der Waals surface area contributed by atoms with Crippen LogP contribution in [0.1, 0.15) is 27.6 Å². The molecule has 0 fully saturated rings. The maximum absolute atomic E-state index is 11.6. The molecular formula is C14H26NO8P. The van der Waals surface area contributed by atoms with Gasteiger partial charge in [-0.25, -0.2) is 0 Å². The second kappa shape index (κ2) is 14.1. The van der Waals surface area contributed by atoms with Crippen molar-refractivity contribution in [3.05, 3.63) is 0 Å². The van der Waals surface area contributed by atoms with Crippen LogP contribution in [-0.4, -0.2) is 68.5 Å². The van der Waals surface area contributed by atoms with Crippen molar-refractivity contribution < 1.29 is 39.8 Å². The monoisotopic (exact) mass is 369 g/mol. The molecule has 0 bridgehead atoms. The summed E-state index contributed by atoms with van der Waals surface area (Å²) in [5.41, 5.74) is 0. The summed E-state index contributed by atoms with van der Waals surface area (Å²) in [4.78, 5) is 34.3. The molecule has 0 saturated carbocycles. The molecule has 0 aliphatic carbocycles. The van der Waals surface area contributed by atoms with Gasteiger partial charge in [0.2, 0.25) is 5.91 Å². The Morgan fingerprint density at radius 1 is 1.25 bits per heavy atom. The number of rotatable bonds is 13. The smallest absolute Gasteiger partial charge is 0.325 e. The maximum atomic E-state index is 11.6. The molecule has 0 aliphatic heterocycles. The fourth-order valence-corrected chi connectivity index (χ4v) is 1.64. The van der Waals surface area contributed by atoms with Crippen LogP contribution in [0.25, 0.3) is 0 Å². The zero-order valence-electron chi connectivity index (χ0n) is 14.9. The number of hydrogen-bond donors (Lipinski definition) is 2. The van der Waals surface area contributed by atoms with Crippen molar-refractivity contribution in [2.24, 2.45) is 0 Å². The number of methoxy groups -OCH3 is 1. The topological polar surface area (TPSA) is 120 Å². The molecule has 24 heavy (non-hydrogen) atoms. The molecule has 0 aliphatic rings. The second-order valence-electron chi connectivity index (χ2n) is 4.60. The van der Waals surface area contributed by atoms with Gasteiger partial charge in [-0.3, -0.25) is 14.4 Å². The molecule has 0 aromatic rings. The Morgan fingerprint density at radius 2 is 1.96 bits per heavy atom. The van der Waals surface area contributed by atoms with Crippen molar-refractivity contribution >= 4 is 27.1 Å². The Labute approximate surface area is 145 Å². The lowest BCUT2D eigenvalue weighted by Gasteiger charge is -2.21. The Bertz CT molecular complexity index is 420. The van der Waals surface area contributed by atoms with Gasteiger partial charge in [-0.2, -0.15) is 0 Å². The van der Waals surface area contributed by atoms with E-state index in [9.17, 15) is 14.4 Å². The minimum Gasteiger partial charge on any atom is -0.463 e. The summed E-state index contributed by atoms with van der Waals surface area (Å²) >= 11 is 0. The highest BCUT2D eigenvalue weighted by Gasteiger charge is 2.17. The van der Waals surface area contributed by atoms with Crippen LogP contribution in [0.3, 0.4) is 0 Å². The maximum Gasteiger partial charge on any atom is 0.325 e. The average Bonchev–Trinajstić information content (AvgIpc) is 2.57. The van der Waals surface area contributed by atoms with E-state index in [1.165, 1.54) is 7.11 Å². The molecule has 2 N–H and O–H groups in total. The molecule has 0 aromatic carbocycles. The molecule has 9 nitrogen and oxygen atoms in total. The quantitative estimate of drug-likeness (QED) is 0.255. The molecule has 4 atom stereocenters. The summed E-state index contributed by atoms with van der Waals surface area (Å²) in [5.74, 6) is -1.85. The van der Waals surface area contributed by atoms with Crippen LogP contribution >= 0.6 is 9.24 Å². The second-order valence-corrected chi connectivity index (χ2v) is 4.87. The van der Waals surface area contributed by atoms with Crippen molar-refractivity contribution in [1.82, 2.24) is 5.32 Å². The van der Waals surface area contributed by atoms with Gasteiger partial charge in [0.1, 0.15) is 19.5 Å². The normalized spacial score (nSPS) is 14.9. The number of carbonyl (C=O) groups is 3. The number of nitrogens with one attached hydrogen (secondary N) is 1. The first-order chi connectivity index (χ1) is 11.8. The van der Waals surface area contributed by atoms with Crippen LogP contribution in [0, 0.1) is 0 Å². The Hall–Kier alpha value is -1.28.